The highest BCUT2D eigenvalue weighted by Gasteiger charge is 2.12. The average molecular weight is 265 g/mol. The molecule has 1 amide bonds. The summed E-state index contributed by atoms with van der Waals surface area (Å²) in [5, 5.41) is 6.60. The van der Waals surface area contributed by atoms with Crippen molar-refractivity contribution in [3.63, 3.8) is 0 Å². The van der Waals surface area contributed by atoms with Crippen LogP contribution < -0.4 is 5.32 Å². The zero-order chi connectivity index (χ0) is 13.1. The van der Waals surface area contributed by atoms with Crippen molar-refractivity contribution >= 4 is 24.2 Å². The Bertz CT molecular complexity index is 582. The van der Waals surface area contributed by atoms with Gasteiger partial charge in [0.15, 0.2) is 0 Å². The number of nitrogens with zero attached hydrogens (tertiary/aromatic N) is 2. The van der Waals surface area contributed by atoms with Gasteiger partial charge in [0.1, 0.15) is 5.82 Å². The first-order valence-electron chi connectivity index (χ1n) is 5.42. The summed E-state index contributed by atoms with van der Waals surface area (Å²) in [4.78, 5) is 12.4. The molecule has 94 valence electrons. The molecule has 1 heterocycles. The van der Waals surface area contributed by atoms with Crippen molar-refractivity contribution < 1.29 is 9.18 Å². The average Bonchev–Trinajstić information content (AvgIpc) is 2.80. The molecule has 1 aromatic carbocycles. The van der Waals surface area contributed by atoms with Gasteiger partial charge in [-0.2, -0.15) is 5.10 Å². The number of rotatable bonds is 3. The Labute approximate surface area is 109 Å². The van der Waals surface area contributed by atoms with E-state index >= 15 is 0 Å². The van der Waals surface area contributed by atoms with Gasteiger partial charge in [0.25, 0.3) is 5.91 Å². The first-order chi connectivity index (χ1) is 8.60. The van der Waals surface area contributed by atoms with Crippen molar-refractivity contribution in [1.82, 2.24) is 9.78 Å². The minimum atomic E-state index is -0.576. The molecule has 2 rings (SSSR count). The van der Waals surface area contributed by atoms with Crippen LogP contribution in [0.5, 0.6) is 0 Å². The number of carbonyl (C=O) groups excluding carboxylic acids is 1. The zero-order valence-corrected chi connectivity index (χ0v) is 10.6. The van der Waals surface area contributed by atoms with E-state index in [4.69, 9.17) is 0 Å². The molecule has 0 bridgehead atoms. The monoisotopic (exact) mass is 265 g/mol. The molecule has 0 aliphatic carbocycles. The van der Waals surface area contributed by atoms with E-state index in [-0.39, 0.29) is 5.56 Å². The van der Waals surface area contributed by atoms with E-state index in [1.165, 1.54) is 24.4 Å². The van der Waals surface area contributed by atoms with Crippen LogP contribution in [0.25, 0.3) is 0 Å². The summed E-state index contributed by atoms with van der Waals surface area (Å²) in [6.07, 6.45) is 3.20. The summed E-state index contributed by atoms with van der Waals surface area (Å²) >= 11 is 4.08. The Morgan fingerprint density at radius 2 is 2.33 bits per heavy atom. The van der Waals surface area contributed by atoms with Gasteiger partial charge in [-0.25, -0.2) is 4.39 Å². The van der Waals surface area contributed by atoms with Gasteiger partial charge in [-0.3, -0.25) is 9.48 Å². The molecule has 18 heavy (non-hydrogen) atoms. The van der Waals surface area contributed by atoms with E-state index in [0.29, 0.717) is 17.1 Å². The van der Waals surface area contributed by atoms with Crippen molar-refractivity contribution in [1.29, 1.82) is 0 Å². The van der Waals surface area contributed by atoms with Crippen LogP contribution in [0.15, 0.2) is 35.5 Å². The molecule has 0 aliphatic heterocycles. The van der Waals surface area contributed by atoms with Crippen LogP contribution in [0.2, 0.25) is 0 Å². The van der Waals surface area contributed by atoms with Gasteiger partial charge < -0.3 is 5.32 Å². The number of thiol groups is 1. The molecule has 1 aromatic heterocycles. The van der Waals surface area contributed by atoms with Crippen LogP contribution in [-0.2, 0) is 6.54 Å². The quantitative estimate of drug-likeness (QED) is 0.838. The van der Waals surface area contributed by atoms with Gasteiger partial charge in [0.2, 0.25) is 0 Å². The fourth-order valence-corrected chi connectivity index (χ4v) is 1.69. The molecular weight excluding hydrogens is 253 g/mol. The lowest BCUT2D eigenvalue weighted by molar-refractivity contribution is 0.102. The maximum atomic E-state index is 13.5. The maximum Gasteiger partial charge on any atom is 0.258 e. The highest BCUT2D eigenvalue weighted by atomic mass is 32.1. The number of aryl methyl sites for hydroxylation is 1. The first-order valence-corrected chi connectivity index (χ1v) is 5.87. The number of halogens is 1. The molecule has 0 aliphatic rings. The summed E-state index contributed by atoms with van der Waals surface area (Å²) in [7, 11) is 0. The fourth-order valence-electron chi connectivity index (χ4n) is 1.49. The second-order valence-corrected chi connectivity index (χ2v) is 4.22. The summed E-state index contributed by atoms with van der Waals surface area (Å²) in [6, 6.07) is 4.09. The molecule has 1 N–H and O–H groups in total. The van der Waals surface area contributed by atoms with Crippen LogP contribution in [0.4, 0.5) is 10.1 Å². The van der Waals surface area contributed by atoms with Gasteiger partial charge >= 0.3 is 0 Å². The molecule has 6 heteroatoms. The van der Waals surface area contributed by atoms with Crippen molar-refractivity contribution in [3.05, 3.63) is 42.0 Å². The van der Waals surface area contributed by atoms with E-state index in [9.17, 15) is 9.18 Å². The number of anilines is 1. The normalized spacial score (nSPS) is 10.4. The number of carbonyl (C=O) groups is 1. The number of hydrogen-bond acceptors (Lipinski definition) is 3. The molecule has 0 spiro atoms. The first kappa shape index (κ1) is 12.6. The number of nitrogens with one attached hydrogen (secondary N) is 1. The van der Waals surface area contributed by atoms with E-state index in [1.54, 1.807) is 10.9 Å². The molecule has 0 saturated heterocycles. The van der Waals surface area contributed by atoms with Crippen molar-refractivity contribution in [2.75, 3.05) is 5.32 Å². The lowest BCUT2D eigenvalue weighted by atomic mass is 10.2. The Balaban J connectivity index is 2.19. The third kappa shape index (κ3) is 2.70. The van der Waals surface area contributed by atoms with E-state index < -0.39 is 11.7 Å². The lowest BCUT2D eigenvalue weighted by Crippen LogP contribution is -2.13. The predicted molar refractivity (Wildman–Crippen MR) is 69.5 cm³/mol. The Morgan fingerprint density at radius 1 is 1.56 bits per heavy atom. The maximum absolute atomic E-state index is 13.5. The van der Waals surface area contributed by atoms with Gasteiger partial charge in [-0.05, 0) is 25.1 Å². The van der Waals surface area contributed by atoms with Crippen molar-refractivity contribution in [2.24, 2.45) is 0 Å². The minimum absolute atomic E-state index is 0.0354. The molecule has 4 nitrogen and oxygen atoms in total. The molecule has 2 aromatic rings. The number of benzene rings is 1. The van der Waals surface area contributed by atoms with Crippen molar-refractivity contribution in [3.8, 4) is 0 Å². The largest absolute Gasteiger partial charge is 0.319 e. The van der Waals surface area contributed by atoms with Gasteiger partial charge in [0.05, 0.1) is 17.4 Å². The second-order valence-electron chi connectivity index (χ2n) is 3.70. The van der Waals surface area contributed by atoms with Gasteiger partial charge in [0, 0.05) is 17.6 Å². The Hall–Kier alpha value is -1.82. The van der Waals surface area contributed by atoms with E-state index in [2.05, 4.69) is 23.0 Å². The molecular formula is C12H12FN3OS. The van der Waals surface area contributed by atoms with Crippen LogP contribution in [-0.4, -0.2) is 15.7 Å². The van der Waals surface area contributed by atoms with E-state index in [0.717, 1.165) is 0 Å². The SMILES string of the molecule is CCn1cc(NC(=O)c2cc(S)ccc2F)cn1. The predicted octanol–water partition coefficient (Wildman–Crippen LogP) is 2.58. The minimum Gasteiger partial charge on any atom is -0.319 e. The molecule has 0 saturated carbocycles. The Kier molecular flexibility index (Phi) is 3.66. The highest BCUT2D eigenvalue weighted by molar-refractivity contribution is 7.80. The summed E-state index contributed by atoms with van der Waals surface area (Å²) in [5.41, 5.74) is 0.498. The molecule has 0 atom stereocenters. The summed E-state index contributed by atoms with van der Waals surface area (Å²) < 4.78 is 15.1. The zero-order valence-electron chi connectivity index (χ0n) is 9.72. The van der Waals surface area contributed by atoms with Crippen LogP contribution in [0.3, 0.4) is 0 Å². The lowest BCUT2D eigenvalue weighted by Gasteiger charge is -2.04. The summed E-state index contributed by atoms with van der Waals surface area (Å²) in [6.45, 7) is 2.64. The van der Waals surface area contributed by atoms with E-state index in [1.807, 2.05) is 6.92 Å². The van der Waals surface area contributed by atoms with Crippen LogP contribution >= 0.6 is 12.6 Å². The second kappa shape index (κ2) is 5.22. The molecule has 0 unspecified atom stereocenters. The topological polar surface area (TPSA) is 46.9 Å². The number of hydrogen-bond donors (Lipinski definition) is 2. The third-order valence-electron chi connectivity index (χ3n) is 2.41. The highest BCUT2D eigenvalue weighted by Crippen LogP contribution is 2.15. The Morgan fingerprint density at radius 3 is 3.00 bits per heavy atom. The molecule has 0 radical (unpaired) electrons. The number of amides is 1. The smallest absolute Gasteiger partial charge is 0.258 e. The van der Waals surface area contributed by atoms with Crippen LogP contribution in [0, 0.1) is 5.82 Å². The number of aromatic nitrogens is 2. The summed E-state index contributed by atoms with van der Waals surface area (Å²) in [5.74, 6) is -1.09. The third-order valence-corrected chi connectivity index (χ3v) is 2.69. The fraction of sp³-hybridized carbons (Fsp3) is 0.167. The van der Waals surface area contributed by atoms with Crippen molar-refractivity contribution in [2.45, 2.75) is 18.4 Å². The standard InChI is InChI=1S/C12H12FN3OS/c1-2-16-7-8(6-14-16)15-12(17)10-5-9(18)3-4-11(10)13/h3-7,18H,2H2,1H3,(H,15,17). The van der Waals surface area contributed by atoms with Crippen LogP contribution in [0.1, 0.15) is 17.3 Å². The van der Waals surface area contributed by atoms with Gasteiger partial charge in [-0.15, -0.1) is 12.6 Å². The van der Waals surface area contributed by atoms with Gasteiger partial charge in [-0.1, -0.05) is 0 Å². The molecule has 0 fully saturated rings.